The summed E-state index contributed by atoms with van der Waals surface area (Å²) in [6.45, 7) is 0. The molecular formula is C17H13BrN2O3. The van der Waals surface area contributed by atoms with Crippen LogP contribution in [0.15, 0.2) is 57.8 Å². The van der Waals surface area contributed by atoms with E-state index >= 15 is 0 Å². The second-order valence-corrected chi connectivity index (χ2v) is 5.98. The van der Waals surface area contributed by atoms with Crippen LogP contribution in [0.1, 0.15) is 10.4 Å². The highest BCUT2D eigenvalue weighted by molar-refractivity contribution is 9.10. The standard InChI is InChI=1S/C17H13BrN2O3/c1-20(11-8-6-10(18)7-9-11)17(23)14-15(21)12-4-2-3-5-13(12)19-16(14)22/h2-9H,1H3,(H2,19,21,22). The molecule has 0 saturated carbocycles. The molecule has 0 aliphatic heterocycles. The number of aromatic nitrogens is 1. The summed E-state index contributed by atoms with van der Waals surface area (Å²) in [4.78, 5) is 28.8. The van der Waals surface area contributed by atoms with Gasteiger partial charge in [-0.05, 0) is 36.4 Å². The number of benzene rings is 2. The first-order valence-electron chi connectivity index (χ1n) is 6.86. The Balaban J connectivity index is 2.10. The van der Waals surface area contributed by atoms with Gasteiger partial charge in [-0.25, -0.2) is 0 Å². The lowest BCUT2D eigenvalue weighted by Gasteiger charge is -2.18. The zero-order chi connectivity index (χ0) is 16.6. The number of halogens is 1. The molecule has 2 N–H and O–H groups in total. The Labute approximate surface area is 140 Å². The smallest absolute Gasteiger partial charge is 0.267 e. The van der Waals surface area contributed by atoms with Crippen molar-refractivity contribution in [1.82, 2.24) is 4.98 Å². The van der Waals surface area contributed by atoms with E-state index in [0.29, 0.717) is 16.6 Å². The van der Waals surface area contributed by atoms with Crippen molar-refractivity contribution in [3.8, 4) is 5.75 Å². The van der Waals surface area contributed by atoms with E-state index < -0.39 is 11.5 Å². The molecule has 116 valence electrons. The minimum absolute atomic E-state index is 0.269. The first kappa shape index (κ1) is 15.3. The topological polar surface area (TPSA) is 73.4 Å². The van der Waals surface area contributed by atoms with E-state index in [1.165, 1.54) is 4.90 Å². The average molecular weight is 373 g/mol. The lowest BCUT2D eigenvalue weighted by Crippen LogP contribution is -2.31. The van der Waals surface area contributed by atoms with Gasteiger partial charge in [0.1, 0.15) is 11.3 Å². The Morgan fingerprint density at radius 2 is 1.78 bits per heavy atom. The molecule has 0 atom stereocenters. The first-order chi connectivity index (χ1) is 11.0. The quantitative estimate of drug-likeness (QED) is 0.724. The summed E-state index contributed by atoms with van der Waals surface area (Å²) in [7, 11) is 1.56. The number of carbonyl (C=O) groups excluding carboxylic acids is 1. The lowest BCUT2D eigenvalue weighted by atomic mass is 10.1. The maximum absolute atomic E-state index is 12.6. The van der Waals surface area contributed by atoms with Crippen LogP contribution in [0, 0.1) is 0 Å². The minimum Gasteiger partial charge on any atom is -0.506 e. The number of carbonyl (C=O) groups is 1. The molecule has 0 spiro atoms. The molecule has 0 aliphatic carbocycles. The van der Waals surface area contributed by atoms with Crippen LogP contribution in [0.3, 0.4) is 0 Å². The molecule has 1 heterocycles. The lowest BCUT2D eigenvalue weighted by molar-refractivity contribution is 0.0989. The monoisotopic (exact) mass is 372 g/mol. The van der Waals surface area contributed by atoms with E-state index in [1.807, 2.05) is 0 Å². The van der Waals surface area contributed by atoms with E-state index in [1.54, 1.807) is 55.6 Å². The minimum atomic E-state index is -0.616. The van der Waals surface area contributed by atoms with E-state index in [4.69, 9.17) is 0 Å². The largest absolute Gasteiger partial charge is 0.506 e. The third kappa shape index (κ3) is 2.73. The number of hydrogen-bond donors (Lipinski definition) is 2. The Morgan fingerprint density at radius 1 is 1.13 bits per heavy atom. The van der Waals surface area contributed by atoms with Crippen molar-refractivity contribution < 1.29 is 9.90 Å². The summed E-state index contributed by atoms with van der Waals surface area (Å²) >= 11 is 3.33. The molecule has 0 radical (unpaired) electrons. The molecule has 23 heavy (non-hydrogen) atoms. The molecule has 0 aliphatic rings. The molecule has 1 amide bonds. The van der Waals surface area contributed by atoms with Crippen molar-refractivity contribution in [3.63, 3.8) is 0 Å². The number of pyridine rings is 1. The molecule has 1 aromatic heterocycles. The molecule has 0 saturated heterocycles. The van der Waals surface area contributed by atoms with Gasteiger partial charge >= 0.3 is 0 Å². The van der Waals surface area contributed by atoms with Crippen molar-refractivity contribution in [3.05, 3.63) is 68.9 Å². The Kier molecular flexibility index (Phi) is 3.92. The molecule has 3 aromatic rings. The number of nitrogens with one attached hydrogen (secondary N) is 1. The predicted molar refractivity (Wildman–Crippen MR) is 93.1 cm³/mol. The second-order valence-electron chi connectivity index (χ2n) is 5.06. The summed E-state index contributed by atoms with van der Waals surface area (Å²) in [6, 6.07) is 13.9. The highest BCUT2D eigenvalue weighted by Crippen LogP contribution is 2.26. The zero-order valence-electron chi connectivity index (χ0n) is 12.2. The van der Waals surface area contributed by atoms with Gasteiger partial charge in [-0.15, -0.1) is 0 Å². The number of anilines is 1. The summed E-state index contributed by atoms with van der Waals surface area (Å²) in [5, 5.41) is 10.8. The molecule has 6 heteroatoms. The molecule has 2 aromatic carbocycles. The number of amides is 1. The van der Waals surface area contributed by atoms with E-state index in [9.17, 15) is 14.7 Å². The number of hydrogen-bond acceptors (Lipinski definition) is 3. The van der Waals surface area contributed by atoms with Crippen LogP contribution in [0.4, 0.5) is 5.69 Å². The fourth-order valence-corrected chi connectivity index (χ4v) is 2.64. The van der Waals surface area contributed by atoms with Gasteiger partial charge in [0.2, 0.25) is 0 Å². The SMILES string of the molecule is CN(C(=O)c1c(O)c2ccccc2[nH]c1=O)c1ccc(Br)cc1. The Hall–Kier alpha value is -2.60. The zero-order valence-corrected chi connectivity index (χ0v) is 13.8. The first-order valence-corrected chi connectivity index (χ1v) is 7.66. The van der Waals surface area contributed by atoms with Crippen LogP contribution < -0.4 is 10.5 Å². The summed E-state index contributed by atoms with van der Waals surface area (Å²) in [6.07, 6.45) is 0. The number of aromatic hydroxyl groups is 1. The average Bonchev–Trinajstić information content (AvgIpc) is 2.54. The molecular weight excluding hydrogens is 360 g/mol. The number of H-pyrrole nitrogens is 1. The van der Waals surface area contributed by atoms with Gasteiger partial charge in [0.05, 0.1) is 5.52 Å². The normalized spacial score (nSPS) is 10.7. The highest BCUT2D eigenvalue weighted by atomic mass is 79.9. The van der Waals surface area contributed by atoms with Gasteiger partial charge in [-0.3, -0.25) is 9.59 Å². The van der Waals surface area contributed by atoms with Crippen LogP contribution in [-0.4, -0.2) is 23.0 Å². The predicted octanol–water partition coefficient (Wildman–Crippen LogP) is 3.27. The van der Waals surface area contributed by atoms with Gasteiger partial charge in [0, 0.05) is 22.6 Å². The number of rotatable bonds is 2. The molecule has 0 unspecified atom stereocenters. The third-order valence-corrected chi connectivity index (χ3v) is 4.16. The van der Waals surface area contributed by atoms with Crippen LogP contribution >= 0.6 is 15.9 Å². The van der Waals surface area contributed by atoms with Crippen molar-refractivity contribution in [2.45, 2.75) is 0 Å². The number of fused-ring (bicyclic) bond motifs is 1. The maximum Gasteiger partial charge on any atom is 0.267 e. The maximum atomic E-state index is 12.6. The second kappa shape index (κ2) is 5.89. The van der Waals surface area contributed by atoms with Gasteiger partial charge < -0.3 is 15.0 Å². The van der Waals surface area contributed by atoms with Gasteiger partial charge in [0.15, 0.2) is 0 Å². The van der Waals surface area contributed by atoms with Gasteiger partial charge in [-0.2, -0.15) is 0 Å². The summed E-state index contributed by atoms with van der Waals surface area (Å²) in [5.41, 5.74) is 0.215. The molecule has 3 rings (SSSR count). The van der Waals surface area contributed by atoms with Crippen LogP contribution in [0.2, 0.25) is 0 Å². The fourth-order valence-electron chi connectivity index (χ4n) is 2.37. The number of nitrogens with zero attached hydrogens (tertiary/aromatic N) is 1. The Bertz CT molecular complexity index is 948. The third-order valence-electron chi connectivity index (χ3n) is 3.63. The van der Waals surface area contributed by atoms with Crippen molar-refractivity contribution in [1.29, 1.82) is 0 Å². The summed E-state index contributed by atoms with van der Waals surface area (Å²) < 4.78 is 0.883. The summed E-state index contributed by atoms with van der Waals surface area (Å²) in [5.74, 6) is -0.880. The van der Waals surface area contributed by atoms with Crippen LogP contribution in [0.5, 0.6) is 5.75 Å². The van der Waals surface area contributed by atoms with Crippen LogP contribution in [-0.2, 0) is 0 Å². The highest BCUT2D eigenvalue weighted by Gasteiger charge is 2.23. The Morgan fingerprint density at radius 3 is 2.48 bits per heavy atom. The van der Waals surface area contributed by atoms with Crippen molar-refractivity contribution in [2.75, 3.05) is 11.9 Å². The van der Waals surface area contributed by atoms with Crippen molar-refractivity contribution >= 4 is 38.4 Å². The molecule has 5 nitrogen and oxygen atoms in total. The van der Waals surface area contributed by atoms with Crippen molar-refractivity contribution in [2.24, 2.45) is 0 Å². The van der Waals surface area contributed by atoms with Crippen LogP contribution in [0.25, 0.3) is 10.9 Å². The van der Waals surface area contributed by atoms with Gasteiger partial charge in [0.25, 0.3) is 11.5 Å². The van der Waals surface area contributed by atoms with E-state index in [2.05, 4.69) is 20.9 Å². The molecule has 0 bridgehead atoms. The molecule has 0 fully saturated rings. The van der Waals surface area contributed by atoms with E-state index in [0.717, 1.165) is 4.47 Å². The van der Waals surface area contributed by atoms with E-state index in [-0.39, 0.29) is 11.3 Å². The van der Waals surface area contributed by atoms with Gasteiger partial charge in [-0.1, -0.05) is 28.1 Å². The fraction of sp³-hybridized carbons (Fsp3) is 0.0588. The number of aromatic amines is 1. The number of para-hydroxylation sites is 1.